The van der Waals surface area contributed by atoms with E-state index in [1.165, 1.54) is 30.9 Å². The summed E-state index contributed by atoms with van der Waals surface area (Å²) in [5.41, 5.74) is 2.76. The summed E-state index contributed by atoms with van der Waals surface area (Å²) in [5, 5.41) is 9.34. The van der Waals surface area contributed by atoms with E-state index in [2.05, 4.69) is 35.2 Å². The average molecular weight is 392 g/mol. The Bertz CT molecular complexity index is 873. The van der Waals surface area contributed by atoms with Crippen molar-refractivity contribution in [1.29, 1.82) is 0 Å². The van der Waals surface area contributed by atoms with Gasteiger partial charge in [-0.15, -0.1) is 0 Å². The van der Waals surface area contributed by atoms with Gasteiger partial charge in [-0.05, 0) is 68.4 Å². The zero-order valence-corrected chi connectivity index (χ0v) is 16.7. The van der Waals surface area contributed by atoms with E-state index in [9.17, 15) is 14.7 Å². The number of aromatic carboxylic acids is 1. The Morgan fingerprint density at radius 2 is 1.76 bits per heavy atom. The Morgan fingerprint density at radius 1 is 1.00 bits per heavy atom. The minimum atomic E-state index is -1.03. The number of carboxylic acids is 1. The van der Waals surface area contributed by atoms with Crippen LogP contribution in [0, 0.1) is 5.92 Å². The van der Waals surface area contributed by atoms with E-state index >= 15 is 0 Å². The van der Waals surface area contributed by atoms with Gasteiger partial charge in [-0.25, -0.2) is 4.79 Å². The smallest absolute Gasteiger partial charge is 0.336 e. The first-order valence-corrected chi connectivity index (χ1v) is 10.5. The molecule has 2 heterocycles. The number of hydrogen-bond acceptors (Lipinski definition) is 3. The van der Waals surface area contributed by atoms with E-state index in [4.69, 9.17) is 0 Å². The number of fused-ring (bicyclic) bond motifs is 1. The van der Waals surface area contributed by atoms with Crippen LogP contribution in [0.5, 0.6) is 0 Å². The van der Waals surface area contributed by atoms with Crippen LogP contribution in [0.2, 0.25) is 0 Å². The molecule has 0 aromatic heterocycles. The summed E-state index contributed by atoms with van der Waals surface area (Å²) >= 11 is 0. The molecule has 1 N–H and O–H groups in total. The molecule has 1 fully saturated rings. The standard InChI is InChI=1S/C24H28N2O3/c27-23-22-20(8-4-9-21(22)24(28)29)17-26(23)13-5-12-25-14-10-19(11-15-25)16-18-6-2-1-3-7-18/h1-4,6-9,19H,5,10-17H2,(H,28,29). The van der Waals surface area contributed by atoms with Gasteiger partial charge in [-0.3, -0.25) is 4.79 Å². The number of likely N-dealkylation sites (tertiary alicyclic amines) is 1. The van der Waals surface area contributed by atoms with Crippen LogP contribution in [-0.4, -0.2) is 53.0 Å². The van der Waals surface area contributed by atoms with Crippen LogP contribution < -0.4 is 0 Å². The van der Waals surface area contributed by atoms with Crippen LogP contribution in [-0.2, 0) is 13.0 Å². The monoisotopic (exact) mass is 392 g/mol. The van der Waals surface area contributed by atoms with Gasteiger partial charge in [0.15, 0.2) is 0 Å². The number of rotatable bonds is 7. The fraction of sp³-hybridized carbons (Fsp3) is 0.417. The molecule has 4 rings (SSSR count). The Labute approximate surface area is 171 Å². The predicted molar refractivity (Wildman–Crippen MR) is 112 cm³/mol. The highest BCUT2D eigenvalue weighted by atomic mass is 16.4. The van der Waals surface area contributed by atoms with Crippen molar-refractivity contribution in [3.05, 3.63) is 70.8 Å². The zero-order valence-electron chi connectivity index (χ0n) is 16.7. The molecule has 5 nitrogen and oxygen atoms in total. The second kappa shape index (κ2) is 8.78. The first-order valence-electron chi connectivity index (χ1n) is 10.5. The van der Waals surface area contributed by atoms with Gasteiger partial charge in [0.25, 0.3) is 5.91 Å². The molecule has 0 saturated carbocycles. The molecule has 2 aromatic rings. The lowest BCUT2D eigenvalue weighted by Gasteiger charge is -2.32. The summed E-state index contributed by atoms with van der Waals surface area (Å²) in [5.74, 6) is -0.409. The molecule has 152 valence electrons. The number of amides is 1. The Kier molecular flexibility index (Phi) is 5.95. The minimum absolute atomic E-state index is 0.121. The van der Waals surface area contributed by atoms with Gasteiger partial charge in [0.05, 0.1) is 11.1 Å². The lowest BCUT2D eigenvalue weighted by molar-refractivity contribution is 0.0681. The van der Waals surface area contributed by atoms with Crippen LogP contribution >= 0.6 is 0 Å². The summed E-state index contributed by atoms with van der Waals surface area (Å²) in [4.78, 5) is 28.4. The predicted octanol–water partition coefficient (Wildman–Crippen LogP) is 3.69. The fourth-order valence-corrected chi connectivity index (χ4v) is 4.63. The van der Waals surface area contributed by atoms with E-state index < -0.39 is 5.97 Å². The molecule has 0 unspecified atom stereocenters. The Morgan fingerprint density at radius 3 is 2.48 bits per heavy atom. The Balaban J connectivity index is 1.22. The summed E-state index contributed by atoms with van der Waals surface area (Å²) in [6, 6.07) is 15.8. The zero-order chi connectivity index (χ0) is 20.2. The van der Waals surface area contributed by atoms with Crippen molar-refractivity contribution in [3.8, 4) is 0 Å². The first-order chi connectivity index (χ1) is 14.1. The molecular formula is C24H28N2O3. The maximum absolute atomic E-state index is 12.7. The highest BCUT2D eigenvalue weighted by Crippen LogP contribution is 2.27. The molecule has 1 saturated heterocycles. The van der Waals surface area contributed by atoms with Gasteiger partial charge >= 0.3 is 5.97 Å². The van der Waals surface area contributed by atoms with Crippen LogP contribution in [0.15, 0.2) is 48.5 Å². The van der Waals surface area contributed by atoms with Gasteiger partial charge < -0.3 is 14.9 Å². The molecule has 5 heteroatoms. The van der Waals surface area contributed by atoms with E-state index in [0.29, 0.717) is 18.7 Å². The van der Waals surface area contributed by atoms with Gasteiger partial charge in [-0.2, -0.15) is 0 Å². The average Bonchev–Trinajstić information content (AvgIpc) is 3.06. The molecule has 1 amide bonds. The normalized spacial score (nSPS) is 17.5. The van der Waals surface area contributed by atoms with Crippen molar-refractivity contribution in [2.45, 2.75) is 32.2 Å². The van der Waals surface area contributed by atoms with Crippen LogP contribution in [0.25, 0.3) is 0 Å². The van der Waals surface area contributed by atoms with Crippen molar-refractivity contribution in [2.24, 2.45) is 5.92 Å². The molecule has 29 heavy (non-hydrogen) atoms. The van der Waals surface area contributed by atoms with Crippen molar-refractivity contribution < 1.29 is 14.7 Å². The number of hydrogen-bond donors (Lipinski definition) is 1. The number of carboxylic acid groups (broad SMARTS) is 1. The molecule has 0 bridgehead atoms. The van der Waals surface area contributed by atoms with Gasteiger partial charge in [-0.1, -0.05) is 42.5 Å². The van der Waals surface area contributed by atoms with E-state index in [-0.39, 0.29) is 11.5 Å². The molecule has 2 aliphatic heterocycles. The third-order valence-electron chi connectivity index (χ3n) is 6.22. The largest absolute Gasteiger partial charge is 0.478 e. The summed E-state index contributed by atoms with van der Waals surface area (Å²) < 4.78 is 0. The maximum Gasteiger partial charge on any atom is 0.336 e. The molecular weight excluding hydrogens is 364 g/mol. The lowest BCUT2D eigenvalue weighted by Crippen LogP contribution is -2.36. The molecule has 0 radical (unpaired) electrons. The number of benzene rings is 2. The quantitative estimate of drug-likeness (QED) is 0.781. The van der Waals surface area contributed by atoms with Crippen LogP contribution in [0.4, 0.5) is 0 Å². The number of carbonyl (C=O) groups is 2. The third kappa shape index (κ3) is 4.51. The summed E-state index contributed by atoms with van der Waals surface area (Å²) in [6.07, 6.45) is 4.54. The second-order valence-corrected chi connectivity index (χ2v) is 8.20. The number of piperidine rings is 1. The van der Waals surface area contributed by atoms with E-state index in [0.717, 1.165) is 37.5 Å². The maximum atomic E-state index is 12.7. The van der Waals surface area contributed by atoms with Gasteiger partial charge in [0.2, 0.25) is 0 Å². The van der Waals surface area contributed by atoms with Gasteiger partial charge in [0.1, 0.15) is 0 Å². The highest BCUT2D eigenvalue weighted by Gasteiger charge is 2.31. The van der Waals surface area contributed by atoms with Crippen molar-refractivity contribution in [2.75, 3.05) is 26.2 Å². The van der Waals surface area contributed by atoms with Gasteiger partial charge in [0, 0.05) is 13.1 Å². The fourth-order valence-electron chi connectivity index (χ4n) is 4.63. The van der Waals surface area contributed by atoms with Crippen LogP contribution in [0.3, 0.4) is 0 Å². The second-order valence-electron chi connectivity index (χ2n) is 8.20. The van der Waals surface area contributed by atoms with Crippen molar-refractivity contribution in [3.63, 3.8) is 0 Å². The molecule has 2 aromatic carbocycles. The van der Waals surface area contributed by atoms with Crippen molar-refractivity contribution in [1.82, 2.24) is 9.80 Å². The number of carbonyl (C=O) groups excluding carboxylic acids is 1. The Hall–Kier alpha value is -2.66. The van der Waals surface area contributed by atoms with Crippen molar-refractivity contribution >= 4 is 11.9 Å². The number of nitrogens with zero attached hydrogens (tertiary/aromatic N) is 2. The minimum Gasteiger partial charge on any atom is -0.478 e. The lowest BCUT2D eigenvalue weighted by atomic mass is 9.90. The molecule has 2 aliphatic rings. The summed E-state index contributed by atoms with van der Waals surface area (Å²) in [7, 11) is 0. The SMILES string of the molecule is O=C(O)c1cccc2c1C(=O)N(CCCN1CCC(Cc3ccccc3)CC1)C2. The van der Waals surface area contributed by atoms with E-state index in [1.54, 1.807) is 11.0 Å². The molecule has 0 atom stereocenters. The highest BCUT2D eigenvalue weighted by molar-refractivity contribution is 6.07. The summed E-state index contributed by atoms with van der Waals surface area (Å²) in [6.45, 7) is 4.43. The van der Waals surface area contributed by atoms with Crippen LogP contribution in [0.1, 0.15) is 51.1 Å². The molecule has 0 spiro atoms. The first kappa shape index (κ1) is 19.6. The third-order valence-corrected chi connectivity index (χ3v) is 6.22. The van der Waals surface area contributed by atoms with E-state index in [1.807, 2.05) is 6.07 Å². The molecule has 0 aliphatic carbocycles. The topological polar surface area (TPSA) is 60.9 Å².